The van der Waals surface area contributed by atoms with Crippen LogP contribution >= 0.6 is 0 Å². The highest BCUT2D eigenvalue weighted by molar-refractivity contribution is 5.72. The number of unbranched alkanes of at least 4 members (excludes halogenated alkanes) is 1. The van der Waals surface area contributed by atoms with Crippen molar-refractivity contribution in [3.8, 4) is 0 Å². The smallest absolute Gasteiger partial charge is 0.320 e. The van der Waals surface area contributed by atoms with Crippen molar-refractivity contribution in [3.05, 3.63) is 0 Å². The van der Waals surface area contributed by atoms with Gasteiger partial charge in [-0.15, -0.1) is 0 Å². The molecule has 2 aliphatic heterocycles. The molecule has 2 aliphatic rings. The van der Waals surface area contributed by atoms with Crippen molar-refractivity contribution in [2.24, 2.45) is 11.5 Å². The Balaban J connectivity index is 0.000000315. The molecule has 0 amide bonds. The molecule has 0 aromatic rings. The van der Waals surface area contributed by atoms with Crippen LogP contribution in [0, 0.1) is 0 Å². The summed E-state index contributed by atoms with van der Waals surface area (Å²) in [5.74, 6) is -0.933. The van der Waals surface area contributed by atoms with Crippen molar-refractivity contribution in [1.82, 2.24) is 0 Å². The average Bonchev–Trinajstić information content (AvgIpc) is 2.59. The predicted octanol–water partition coefficient (Wildman–Crippen LogP) is 1.90. The maximum Gasteiger partial charge on any atom is 0.320 e. The van der Waals surface area contributed by atoms with E-state index in [2.05, 4.69) is 0 Å². The Morgan fingerprint density at radius 2 is 1.36 bits per heavy atom. The number of hydrogen-bond donors (Lipinski definition) is 3. The van der Waals surface area contributed by atoms with E-state index in [1.807, 2.05) is 0 Å². The van der Waals surface area contributed by atoms with Gasteiger partial charge in [0.1, 0.15) is 6.04 Å². The van der Waals surface area contributed by atoms with E-state index in [1.165, 1.54) is 38.5 Å². The Kier molecular flexibility index (Phi) is 16.2. The molecule has 6 nitrogen and oxygen atoms in total. The number of nitrogens with two attached hydrogens (primary N) is 2. The highest BCUT2D eigenvalue weighted by Crippen LogP contribution is 2.02. The van der Waals surface area contributed by atoms with E-state index in [9.17, 15) is 4.79 Å². The van der Waals surface area contributed by atoms with E-state index < -0.39 is 12.0 Å². The van der Waals surface area contributed by atoms with Gasteiger partial charge in [-0.3, -0.25) is 4.79 Å². The molecule has 132 valence electrons. The summed E-state index contributed by atoms with van der Waals surface area (Å²) < 4.78 is 10.1. The molecule has 0 bridgehead atoms. The quantitative estimate of drug-likeness (QED) is 0.668. The van der Waals surface area contributed by atoms with E-state index in [1.54, 1.807) is 0 Å². The molecule has 22 heavy (non-hydrogen) atoms. The van der Waals surface area contributed by atoms with Gasteiger partial charge in [0, 0.05) is 26.4 Å². The van der Waals surface area contributed by atoms with Gasteiger partial charge in [0.25, 0.3) is 0 Å². The highest BCUT2D eigenvalue weighted by atomic mass is 16.5. The van der Waals surface area contributed by atoms with Crippen LogP contribution in [0.25, 0.3) is 0 Å². The highest BCUT2D eigenvalue weighted by Gasteiger charge is 2.09. The summed E-state index contributed by atoms with van der Waals surface area (Å²) in [7, 11) is 0. The van der Waals surface area contributed by atoms with E-state index >= 15 is 0 Å². The maximum atomic E-state index is 10.1. The van der Waals surface area contributed by atoms with Crippen molar-refractivity contribution in [1.29, 1.82) is 0 Å². The molecule has 0 radical (unpaired) electrons. The lowest BCUT2D eigenvalue weighted by molar-refractivity contribution is -0.138. The van der Waals surface area contributed by atoms with Crippen molar-refractivity contribution >= 4 is 5.97 Å². The number of rotatable bonds is 5. The van der Waals surface area contributed by atoms with Crippen LogP contribution in [0.3, 0.4) is 0 Å². The lowest BCUT2D eigenvalue weighted by Gasteiger charge is -2.08. The fourth-order valence-electron chi connectivity index (χ4n) is 2.01. The van der Waals surface area contributed by atoms with Gasteiger partial charge in [-0.25, -0.2) is 0 Å². The van der Waals surface area contributed by atoms with E-state index in [-0.39, 0.29) is 0 Å². The second-order valence-electron chi connectivity index (χ2n) is 5.58. The number of carboxylic acid groups (broad SMARTS) is 1. The van der Waals surface area contributed by atoms with Crippen LogP contribution in [0.2, 0.25) is 0 Å². The second-order valence-corrected chi connectivity index (χ2v) is 5.58. The lowest BCUT2D eigenvalue weighted by Crippen LogP contribution is -2.29. The van der Waals surface area contributed by atoms with Gasteiger partial charge in [-0.05, 0) is 57.9 Å². The zero-order valence-corrected chi connectivity index (χ0v) is 13.8. The Hall–Kier alpha value is -0.690. The summed E-state index contributed by atoms with van der Waals surface area (Å²) >= 11 is 0. The molecule has 0 aromatic carbocycles. The summed E-state index contributed by atoms with van der Waals surface area (Å²) in [6.45, 7) is 4.60. The van der Waals surface area contributed by atoms with Gasteiger partial charge < -0.3 is 26.0 Å². The molecule has 2 saturated heterocycles. The van der Waals surface area contributed by atoms with Crippen LogP contribution in [0.1, 0.15) is 57.8 Å². The molecule has 0 aliphatic carbocycles. The molecule has 0 aromatic heterocycles. The standard InChI is InChI=1S/C6H14N2O2.2C5H10O/c7-4-2-1-3-5(8)6(9)10;2*1-2-4-6-5-3-1/h5H,1-4,7-8H2,(H,9,10);2*1-5H2. The molecule has 2 fully saturated rings. The Morgan fingerprint density at radius 1 is 0.909 bits per heavy atom. The first kappa shape index (κ1) is 21.3. The Labute approximate surface area is 134 Å². The number of carbonyl (C=O) groups is 1. The molecule has 2 heterocycles. The number of carboxylic acids is 1. The van der Waals surface area contributed by atoms with Gasteiger partial charge in [0.05, 0.1) is 0 Å². The Bertz CT molecular complexity index is 209. The molecular weight excluding hydrogens is 284 g/mol. The third-order valence-corrected chi connectivity index (χ3v) is 3.44. The van der Waals surface area contributed by atoms with Crippen LogP contribution < -0.4 is 11.5 Å². The molecule has 0 spiro atoms. The van der Waals surface area contributed by atoms with E-state index in [0.717, 1.165) is 39.3 Å². The third kappa shape index (κ3) is 15.7. The zero-order valence-electron chi connectivity index (χ0n) is 13.8. The maximum absolute atomic E-state index is 10.1. The fraction of sp³-hybridized carbons (Fsp3) is 0.938. The van der Waals surface area contributed by atoms with Crippen LogP contribution in [0.5, 0.6) is 0 Å². The molecule has 5 N–H and O–H groups in total. The molecule has 0 saturated carbocycles. The van der Waals surface area contributed by atoms with Crippen LogP contribution in [-0.4, -0.2) is 50.1 Å². The molecular formula is C16H34N2O4. The summed E-state index contributed by atoms with van der Waals surface area (Å²) in [5.41, 5.74) is 10.4. The third-order valence-electron chi connectivity index (χ3n) is 3.44. The minimum atomic E-state index is -0.933. The summed E-state index contributed by atoms with van der Waals surface area (Å²) in [5, 5.41) is 8.33. The van der Waals surface area contributed by atoms with Crippen LogP contribution in [-0.2, 0) is 14.3 Å². The van der Waals surface area contributed by atoms with Crippen molar-refractivity contribution in [2.45, 2.75) is 63.8 Å². The average molecular weight is 318 g/mol. The minimum absolute atomic E-state index is 0.520. The first-order chi connectivity index (χ1) is 10.7. The number of hydrogen-bond acceptors (Lipinski definition) is 5. The number of aliphatic carboxylic acids is 1. The molecule has 1 unspecified atom stereocenters. The molecule has 1 atom stereocenters. The van der Waals surface area contributed by atoms with Gasteiger partial charge in [-0.2, -0.15) is 0 Å². The van der Waals surface area contributed by atoms with Crippen molar-refractivity contribution in [3.63, 3.8) is 0 Å². The van der Waals surface area contributed by atoms with Gasteiger partial charge in [0.2, 0.25) is 0 Å². The summed E-state index contributed by atoms with van der Waals surface area (Å²) in [6.07, 6.45) is 10.0. The van der Waals surface area contributed by atoms with Crippen LogP contribution in [0.15, 0.2) is 0 Å². The molecule has 2 rings (SSSR count). The zero-order chi connectivity index (χ0) is 16.5. The first-order valence-electron chi connectivity index (χ1n) is 8.52. The SMILES string of the molecule is C1CCOCC1.C1CCOCC1.NCCCCC(N)C(=O)O. The van der Waals surface area contributed by atoms with Crippen molar-refractivity contribution < 1.29 is 19.4 Å². The monoisotopic (exact) mass is 318 g/mol. The lowest BCUT2D eigenvalue weighted by atomic mass is 10.1. The van der Waals surface area contributed by atoms with Gasteiger partial charge in [0.15, 0.2) is 0 Å². The van der Waals surface area contributed by atoms with Gasteiger partial charge >= 0.3 is 5.97 Å². The van der Waals surface area contributed by atoms with Crippen molar-refractivity contribution in [2.75, 3.05) is 33.0 Å². The topological polar surface area (TPSA) is 108 Å². The normalized spacial score (nSPS) is 19.0. The number of ether oxygens (including phenoxy) is 2. The second kappa shape index (κ2) is 16.7. The van der Waals surface area contributed by atoms with Gasteiger partial charge in [-0.1, -0.05) is 6.42 Å². The predicted molar refractivity (Wildman–Crippen MR) is 87.9 cm³/mol. The fourth-order valence-corrected chi connectivity index (χ4v) is 2.01. The summed E-state index contributed by atoms with van der Waals surface area (Å²) in [6, 6.07) is -0.716. The first-order valence-corrected chi connectivity index (χ1v) is 8.52. The van der Waals surface area contributed by atoms with E-state index in [0.29, 0.717) is 13.0 Å². The largest absolute Gasteiger partial charge is 0.480 e. The minimum Gasteiger partial charge on any atom is -0.480 e. The van der Waals surface area contributed by atoms with Crippen LogP contribution in [0.4, 0.5) is 0 Å². The molecule has 6 heteroatoms. The Morgan fingerprint density at radius 3 is 1.59 bits per heavy atom. The van der Waals surface area contributed by atoms with E-state index in [4.69, 9.17) is 26.0 Å². The summed E-state index contributed by atoms with van der Waals surface area (Å²) in [4.78, 5) is 10.1.